The molecule has 0 radical (unpaired) electrons. The van der Waals surface area contributed by atoms with Crippen molar-refractivity contribution < 1.29 is 48.6 Å². The van der Waals surface area contributed by atoms with Gasteiger partial charge in [0.25, 0.3) is 11.4 Å². The van der Waals surface area contributed by atoms with Gasteiger partial charge in [-0.1, -0.05) is 0 Å². The van der Waals surface area contributed by atoms with E-state index in [1.807, 2.05) is 0 Å². The van der Waals surface area contributed by atoms with Gasteiger partial charge < -0.3 is 39.3 Å². The smallest absolute Gasteiger partial charge is 0.335 e. The van der Waals surface area contributed by atoms with Crippen molar-refractivity contribution in [3.63, 3.8) is 0 Å². The van der Waals surface area contributed by atoms with E-state index >= 15 is 0 Å². The lowest BCUT2D eigenvalue weighted by molar-refractivity contribution is -0.393. The molecule has 1 aromatic heterocycles. The first kappa shape index (κ1) is 29.2. The highest BCUT2D eigenvalue weighted by Gasteiger charge is 2.19. The Hall–Kier alpha value is -3.99. The third-order valence-electron chi connectivity index (χ3n) is 4.51. The topological polar surface area (TPSA) is 207 Å². The molecule has 0 aliphatic rings. The third-order valence-corrected chi connectivity index (χ3v) is 4.51. The van der Waals surface area contributed by atoms with Gasteiger partial charge in [0, 0.05) is 24.7 Å². The zero-order chi connectivity index (χ0) is 27.0. The van der Waals surface area contributed by atoms with Crippen molar-refractivity contribution in [2.45, 2.75) is 6.42 Å². The van der Waals surface area contributed by atoms with E-state index in [0.29, 0.717) is 31.2 Å². The fraction of sp³-hybridized carbons (Fsp3) is 0.476. The van der Waals surface area contributed by atoms with Crippen LogP contribution in [0.25, 0.3) is 0 Å². The first-order valence-corrected chi connectivity index (χ1v) is 11.1. The SMILES string of the molecule is O=C(CCOCCOCCOCCOCCNc1ccc([N+](=O)[O-])cc1[N+](=O)[O-])On1c(O)ccc1O. The number of nitro benzene ring substituents is 2. The summed E-state index contributed by atoms with van der Waals surface area (Å²) in [5.74, 6) is -1.50. The number of anilines is 1. The van der Waals surface area contributed by atoms with Gasteiger partial charge >= 0.3 is 5.97 Å². The van der Waals surface area contributed by atoms with E-state index in [-0.39, 0.29) is 56.5 Å². The number of hydrogen-bond acceptors (Lipinski definition) is 13. The van der Waals surface area contributed by atoms with Crippen LogP contribution in [0.1, 0.15) is 6.42 Å². The number of benzene rings is 1. The zero-order valence-corrected chi connectivity index (χ0v) is 19.8. The molecule has 2 rings (SSSR count). The molecule has 1 heterocycles. The molecule has 37 heavy (non-hydrogen) atoms. The van der Waals surface area contributed by atoms with Crippen molar-refractivity contribution in [3.05, 3.63) is 50.6 Å². The number of ether oxygens (including phenoxy) is 4. The molecule has 204 valence electrons. The van der Waals surface area contributed by atoms with Crippen molar-refractivity contribution >= 4 is 23.0 Å². The number of carbonyl (C=O) groups is 1. The van der Waals surface area contributed by atoms with E-state index in [1.165, 1.54) is 24.3 Å². The van der Waals surface area contributed by atoms with Gasteiger partial charge in [0.15, 0.2) is 0 Å². The molecule has 2 aromatic rings. The van der Waals surface area contributed by atoms with Crippen LogP contribution in [0.2, 0.25) is 0 Å². The molecule has 0 spiro atoms. The van der Waals surface area contributed by atoms with Gasteiger partial charge in [-0.2, -0.15) is 0 Å². The van der Waals surface area contributed by atoms with Crippen LogP contribution >= 0.6 is 0 Å². The second-order valence-electron chi connectivity index (χ2n) is 7.15. The molecule has 0 saturated carbocycles. The van der Waals surface area contributed by atoms with Crippen LogP contribution in [0.3, 0.4) is 0 Å². The van der Waals surface area contributed by atoms with E-state index < -0.39 is 27.6 Å². The number of nitro groups is 2. The largest absolute Gasteiger partial charge is 0.492 e. The third kappa shape index (κ3) is 10.7. The molecule has 0 amide bonds. The highest BCUT2D eigenvalue weighted by atomic mass is 16.7. The first-order valence-electron chi connectivity index (χ1n) is 11.1. The maximum Gasteiger partial charge on any atom is 0.335 e. The molecule has 0 saturated heterocycles. The molecule has 0 fully saturated rings. The molecular weight excluding hydrogens is 500 g/mol. The number of hydrogen-bond donors (Lipinski definition) is 3. The predicted octanol–water partition coefficient (Wildman–Crippen LogP) is 1.24. The molecule has 0 aliphatic carbocycles. The number of carbonyl (C=O) groups excluding carboxylic acids is 1. The minimum atomic E-state index is -0.700. The summed E-state index contributed by atoms with van der Waals surface area (Å²) in [5, 5.41) is 43.4. The lowest BCUT2D eigenvalue weighted by Crippen LogP contribution is -2.20. The highest BCUT2D eigenvalue weighted by molar-refractivity contribution is 5.70. The predicted molar refractivity (Wildman–Crippen MR) is 125 cm³/mol. The first-order chi connectivity index (χ1) is 17.8. The van der Waals surface area contributed by atoms with Crippen molar-refractivity contribution in [2.24, 2.45) is 0 Å². The number of rotatable bonds is 19. The quantitative estimate of drug-likeness (QED) is 0.133. The summed E-state index contributed by atoms with van der Waals surface area (Å²) in [6.45, 7) is 2.36. The Balaban J connectivity index is 1.40. The Morgan fingerprint density at radius 3 is 1.89 bits per heavy atom. The van der Waals surface area contributed by atoms with Crippen LogP contribution in [0.4, 0.5) is 17.1 Å². The van der Waals surface area contributed by atoms with Gasteiger partial charge in [-0.25, -0.2) is 4.79 Å². The average Bonchev–Trinajstić information content (AvgIpc) is 3.18. The second kappa shape index (κ2) is 15.9. The fourth-order valence-electron chi connectivity index (χ4n) is 2.75. The van der Waals surface area contributed by atoms with Gasteiger partial charge in [-0.3, -0.25) is 20.2 Å². The Bertz CT molecular complexity index is 1010. The van der Waals surface area contributed by atoms with Gasteiger partial charge in [-0.15, -0.1) is 4.73 Å². The molecule has 0 atom stereocenters. The lowest BCUT2D eigenvalue weighted by Gasteiger charge is -2.09. The standard InChI is InChI=1S/C21H28N4O12/c26-19-3-4-20(27)23(19)37-21(28)5-7-33-9-11-35-13-14-36-12-10-34-8-6-22-17-2-1-16(24(29)30)15-18(17)25(31)32/h1-4,15,22,26-27H,5-14H2. The zero-order valence-electron chi connectivity index (χ0n) is 19.8. The average molecular weight is 528 g/mol. The summed E-state index contributed by atoms with van der Waals surface area (Å²) in [4.78, 5) is 36.8. The Morgan fingerprint density at radius 1 is 0.811 bits per heavy atom. The van der Waals surface area contributed by atoms with E-state index in [1.54, 1.807) is 0 Å². The van der Waals surface area contributed by atoms with E-state index in [2.05, 4.69) is 5.32 Å². The normalized spacial score (nSPS) is 10.8. The maximum absolute atomic E-state index is 11.6. The van der Waals surface area contributed by atoms with E-state index in [4.69, 9.17) is 23.8 Å². The van der Waals surface area contributed by atoms with Crippen LogP contribution in [-0.2, 0) is 23.7 Å². The number of aromatic hydroxyl groups is 2. The summed E-state index contributed by atoms with van der Waals surface area (Å²) in [6.07, 6.45) is -0.0829. The lowest BCUT2D eigenvalue weighted by atomic mass is 10.2. The van der Waals surface area contributed by atoms with Gasteiger partial charge in [0.2, 0.25) is 11.8 Å². The number of aromatic nitrogens is 1. The summed E-state index contributed by atoms with van der Waals surface area (Å²) in [7, 11) is 0. The van der Waals surface area contributed by atoms with Crippen LogP contribution < -0.4 is 10.2 Å². The molecule has 1 aromatic carbocycles. The number of nitrogens with zero attached hydrogens (tertiary/aromatic N) is 3. The molecule has 0 aliphatic heterocycles. The van der Waals surface area contributed by atoms with Crippen LogP contribution in [0.15, 0.2) is 30.3 Å². The Labute approximate surface area is 210 Å². The molecule has 3 N–H and O–H groups in total. The molecular formula is C21H28N4O12. The van der Waals surface area contributed by atoms with Crippen LogP contribution in [-0.4, -0.2) is 90.2 Å². The molecule has 16 heteroatoms. The molecule has 0 unspecified atom stereocenters. The minimum Gasteiger partial charge on any atom is -0.492 e. The summed E-state index contributed by atoms with van der Waals surface area (Å²) >= 11 is 0. The van der Waals surface area contributed by atoms with Crippen LogP contribution in [0.5, 0.6) is 11.8 Å². The van der Waals surface area contributed by atoms with Crippen LogP contribution in [0, 0.1) is 20.2 Å². The van der Waals surface area contributed by atoms with Crippen molar-refractivity contribution in [3.8, 4) is 11.8 Å². The highest BCUT2D eigenvalue weighted by Crippen LogP contribution is 2.28. The summed E-state index contributed by atoms with van der Waals surface area (Å²) in [6, 6.07) is 5.71. The van der Waals surface area contributed by atoms with Crippen molar-refractivity contribution in [1.29, 1.82) is 0 Å². The van der Waals surface area contributed by atoms with E-state index in [0.717, 1.165) is 6.07 Å². The van der Waals surface area contributed by atoms with Gasteiger partial charge in [0.05, 0.1) is 75.2 Å². The maximum atomic E-state index is 11.6. The number of nitrogens with one attached hydrogen (secondary N) is 1. The second-order valence-corrected chi connectivity index (χ2v) is 7.15. The van der Waals surface area contributed by atoms with Crippen molar-refractivity contribution in [1.82, 2.24) is 4.73 Å². The Kier molecular flexibility index (Phi) is 12.6. The van der Waals surface area contributed by atoms with Gasteiger partial charge in [0.1, 0.15) is 5.69 Å². The molecule has 16 nitrogen and oxygen atoms in total. The minimum absolute atomic E-state index is 0.0746. The summed E-state index contributed by atoms with van der Waals surface area (Å²) < 4.78 is 21.9. The Morgan fingerprint density at radius 2 is 1.35 bits per heavy atom. The monoisotopic (exact) mass is 528 g/mol. The van der Waals surface area contributed by atoms with Crippen molar-refractivity contribution in [2.75, 3.05) is 64.7 Å². The molecule has 0 bridgehead atoms. The van der Waals surface area contributed by atoms with Gasteiger partial charge in [-0.05, 0) is 6.07 Å². The van der Waals surface area contributed by atoms with E-state index in [9.17, 15) is 35.2 Å². The number of non-ortho nitro benzene ring substituents is 1. The fourth-order valence-corrected chi connectivity index (χ4v) is 2.75. The summed E-state index contributed by atoms with van der Waals surface area (Å²) in [5.41, 5.74) is -0.590.